The van der Waals surface area contributed by atoms with E-state index >= 15 is 0 Å². The molecule has 2 aliphatic rings. The fourth-order valence-electron chi connectivity index (χ4n) is 4.41. The van der Waals surface area contributed by atoms with Crippen molar-refractivity contribution in [3.05, 3.63) is 33.8 Å². The SMILES string of the molecule is COC(=O)C1(C)CC2(Cc3ccc(Br)cc3C2=O)CC(C)C1=O. The van der Waals surface area contributed by atoms with Gasteiger partial charge in [-0.15, -0.1) is 0 Å². The molecule has 0 bridgehead atoms. The average Bonchev–Trinajstić information content (AvgIpc) is 2.76. The van der Waals surface area contributed by atoms with Crippen LogP contribution in [0.4, 0.5) is 0 Å². The highest BCUT2D eigenvalue weighted by atomic mass is 79.9. The number of hydrogen-bond acceptors (Lipinski definition) is 4. The molecule has 1 aromatic rings. The van der Waals surface area contributed by atoms with Crippen LogP contribution in [0.1, 0.15) is 42.6 Å². The Kier molecular flexibility index (Phi) is 3.75. The van der Waals surface area contributed by atoms with Crippen molar-refractivity contribution in [3.8, 4) is 0 Å². The highest BCUT2D eigenvalue weighted by molar-refractivity contribution is 9.10. The molecule has 4 nitrogen and oxygen atoms in total. The number of halogens is 1. The molecule has 2 aliphatic carbocycles. The normalized spacial score (nSPS) is 33.0. The number of methoxy groups -OCH3 is 1. The zero-order valence-corrected chi connectivity index (χ0v) is 15.0. The number of fused-ring (bicyclic) bond motifs is 1. The van der Waals surface area contributed by atoms with E-state index in [9.17, 15) is 14.4 Å². The second kappa shape index (κ2) is 5.26. The second-order valence-electron chi connectivity index (χ2n) is 7.06. The largest absolute Gasteiger partial charge is 0.468 e. The minimum atomic E-state index is -1.25. The van der Waals surface area contributed by atoms with Gasteiger partial charge in [0.25, 0.3) is 0 Å². The molecule has 3 rings (SSSR count). The molecule has 0 N–H and O–H groups in total. The van der Waals surface area contributed by atoms with Crippen molar-refractivity contribution in [2.45, 2.75) is 33.1 Å². The Balaban J connectivity index is 2.06. The fraction of sp³-hybridized carbons (Fsp3) is 0.500. The molecular formula is C18H19BrO4. The number of benzene rings is 1. The van der Waals surface area contributed by atoms with E-state index in [2.05, 4.69) is 15.9 Å². The molecule has 23 heavy (non-hydrogen) atoms. The van der Waals surface area contributed by atoms with Crippen molar-refractivity contribution in [1.82, 2.24) is 0 Å². The monoisotopic (exact) mass is 378 g/mol. The van der Waals surface area contributed by atoms with Gasteiger partial charge < -0.3 is 4.74 Å². The molecule has 3 atom stereocenters. The molecule has 0 aromatic heterocycles. The first kappa shape index (κ1) is 16.4. The first-order chi connectivity index (χ1) is 10.7. The number of rotatable bonds is 1. The first-order valence-corrected chi connectivity index (χ1v) is 8.49. The summed E-state index contributed by atoms with van der Waals surface area (Å²) in [6.07, 6.45) is 1.29. The third-order valence-electron chi connectivity index (χ3n) is 5.34. The summed E-state index contributed by atoms with van der Waals surface area (Å²) in [5.41, 5.74) is -0.235. The summed E-state index contributed by atoms with van der Waals surface area (Å²) >= 11 is 3.40. The van der Waals surface area contributed by atoms with E-state index in [0.717, 1.165) is 10.0 Å². The van der Waals surface area contributed by atoms with Crippen LogP contribution in [0.5, 0.6) is 0 Å². The van der Waals surface area contributed by atoms with Gasteiger partial charge in [-0.1, -0.05) is 28.9 Å². The predicted molar refractivity (Wildman–Crippen MR) is 88.1 cm³/mol. The van der Waals surface area contributed by atoms with Gasteiger partial charge in [-0.2, -0.15) is 0 Å². The van der Waals surface area contributed by atoms with Crippen LogP contribution in [0.25, 0.3) is 0 Å². The fourth-order valence-corrected chi connectivity index (χ4v) is 4.77. The van der Waals surface area contributed by atoms with Crippen LogP contribution in [-0.2, 0) is 20.7 Å². The Morgan fingerprint density at radius 1 is 1.35 bits per heavy atom. The molecule has 122 valence electrons. The van der Waals surface area contributed by atoms with Crippen LogP contribution in [-0.4, -0.2) is 24.6 Å². The number of hydrogen-bond donors (Lipinski definition) is 0. The van der Waals surface area contributed by atoms with E-state index in [0.29, 0.717) is 18.4 Å². The summed E-state index contributed by atoms with van der Waals surface area (Å²) in [5, 5.41) is 0. The molecule has 1 spiro atoms. The maximum absolute atomic E-state index is 13.1. The number of Topliss-reactive ketones (excluding diaryl/α,β-unsaturated/α-hetero) is 2. The Labute approximate surface area is 143 Å². The molecule has 3 unspecified atom stereocenters. The van der Waals surface area contributed by atoms with Gasteiger partial charge in [-0.05, 0) is 43.9 Å². The van der Waals surface area contributed by atoms with Crippen molar-refractivity contribution >= 4 is 33.5 Å². The van der Waals surface area contributed by atoms with Gasteiger partial charge in [-0.25, -0.2) is 0 Å². The van der Waals surface area contributed by atoms with Crippen molar-refractivity contribution in [3.63, 3.8) is 0 Å². The highest BCUT2D eigenvalue weighted by Gasteiger charge is 2.59. The van der Waals surface area contributed by atoms with E-state index in [1.807, 2.05) is 18.2 Å². The zero-order chi connectivity index (χ0) is 17.0. The van der Waals surface area contributed by atoms with Crippen LogP contribution in [0.15, 0.2) is 22.7 Å². The Bertz CT molecular complexity index is 726. The lowest BCUT2D eigenvalue weighted by molar-refractivity contribution is -0.163. The summed E-state index contributed by atoms with van der Waals surface area (Å²) in [5.74, 6) is -0.962. The summed E-state index contributed by atoms with van der Waals surface area (Å²) < 4.78 is 5.73. The Morgan fingerprint density at radius 3 is 2.70 bits per heavy atom. The third-order valence-corrected chi connectivity index (χ3v) is 5.84. The quantitative estimate of drug-likeness (QED) is 0.555. The van der Waals surface area contributed by atoms with Crippen LogP contribution < -0.4 is 0 Å². The van der Waals surface area contributed by atoms with Gasteiger partial charge in [0.15, 0.2) is 11.6 Å². The number of esters is 1. The lowest BCUT2D eigenvalue weighted by Crippen LogP contribution is -2.52. The molecular weight excluding hydrogens is 360 g/mol. The summed E-state index contributed by atoms with van der Waals surface area (Å²) in [6.45, 7) is 3.42. The maximum atomic E-state index is 13.1. The lowest BCUT2D eigenvalue weighted by atomic mass is 9.57. The van der Waals surface area contributed by atoms with Crippen molar-refractivity contribution in [1.29, 1.82) is 0 Å². The van der Waals surface area contributed by atoms with Crippen molar-refractivity contribution in [2.75, 3.05) is 7.11 Å². The molecule has 0 saturated heterocycles. The van der Waals surface area contributed by atoms with Crippen LogP contribution >= 0.6 is 15.9 Å². The van der Waals surface area contributed by atoms with Gasteiger partial charge in [0.05, 0.1) is 7.11 Å². The van der Waals surface area contributed by atoms with Gasteiger partial charge in [-0.3, -0.25) is 14.4 Å². The molecule has 0 aliphatic heterocycles. The number of ketones is 2. The Hall–Kier alpha value is -1.49. The third kappa shape index (κ3) is 2.28. The van der Waals surface area contributed by atoms with Crippen molar-refractivity contribution < 1.29 is 19.1 Å². The molecule has 0 heterocycles. The minimum Gasteiger partial charge on any atom is -0.468 e. The molecule has 0 amide bonds. The molecule has 1 aromatic carbocycles. The van der Waals surface area contributed by atoms with E-state index < -0.39 is 16.8 Å². The number of carbonyl (C=O) groups excluding carboxylic acids is 3. The highest BCUT2D eigenvalue weighted by Crippen LogP contribution is 2.54. The number of carbonyl (C=O) groups is 3. The molecule has 1 saturated carbocycles. The van der Waals surface area contributed by atoms with Gasteiger partial charge >= 0.3 is 5.97 Å². The topological polar surface area (TPSA) is 60.4 Å². The molecule has 1 fully saturated rings. The molecule has 5 heteroatoms. The van der Waals surface area contributed by atoms with Crippen LogP contribution in [0.2, 0.25) is 0 Å². The lowest BCUT2D eigenvalue weighted by Gasteiger charge is -2.43. The molecule has 0 radical (unpaired) electrons. The van der Waals surface area contributed by atoms with E-state index in [4.69, 9.17) is 4.74 Å². The summed E-state index contributed by atoms with van der Waals surface area (Å²) in [7, 11) is 1.29. The second-order valence-corrected chi connectivity index (χ2v) is 7.97. The smallest absolute Gasteiger partial charge is 0.319 e. The van der Waals surface area contributed by atoms with Crippen LogP contribution in [0.3, 0.4) is 0 Å². The standard InChI is InChI=1S/C18H19BrO4/c1-10-7-18(9-17(2,14(10)20)16(22)23-3)8-11-4-5-12(19)6-13(11)15(18)21/h4-6,10H,7-9H2,1-3H3. The van der Waals surface area contributed by atoms with Crippen LogP contribution in [0, 0.1) is 16.7 Å². The maximum Gasteiger partial charge on any atom is 0.319 e. The number of ether oxygens (including phenoxy) is 1. The van der Waals surface area contributed by atoms with Gasteiger partial charge in [0, 0.05) is 21.4 Å². The summed E-state index contributed by atoms with van der Waals surface area (Å²) in [4.78, 5) is 38.0. The summed E-state index contributed by atoms with van der Waals surface area (Å²) in [6, 6.07) is 5.70. The van der Waals surface area contributed by atoms with Crippen molar-refractivity contribution in [2.24, 2.45) is 16.7 Å². The average molecular weight is 379 g/mol. The zero-order valence-electron chi connectivity index (χ0n) is 13.4. The van der Waals surface area contributed by atoms with Gasteiger partial charge in [0.1, 0.15) is 5.41 Å². The van der Waals surface area contributed by atoms with Gasteiger partial charge in [0.2, 0.25) is 0 Å². The first-order valence-electron chi connectivity index (χ1n) is 7.69. The predicted octanol–water partition coefficient (Wildman–Crippen LogP) is 3.35. The Morgan fingerprint density at radius 2 is 2.04 bits per heavy atom. The van der Waals surface area contributed by atoms with E-state index in [1.165, 1.54) is 7.11 Å². The van der Waals surface area contributed by atoms with E-state index in [-0.39, 0.29) is 23.9 Å². The van der Waals surface area contributed by atoms with E-state index in [1.54, 1.807) is 13.8 Å². The minimum absolute atomic E-state index is 0.0447.